The van der Waals surface area contributed by atoms with Gasteiger partial charge in [0.1, 0.15) is 0 Å². The van der Waals surface area contributed by atoms with Gasteiger partial charge in [0.15, 0.2) is 0 Å². The fourth-order valence-electron chi connectivity index (χ4n) is 2.47. The summed E-state index contributed by atoms with van der Waals surface area (Å²) >= 11 is 0. The molecule has 1 aromatic heterocycles. The number of aromatic nitrogens is 2. The smallest absolute Gasteiger partial charge is 0.339 e. The van der Waals surface area contributed by atoms with Crippen molar-refractivity contribution >= 4 is 11.9 Å². The molecule has 132 valence electrons. The molecule has 0 saturated carbocycles. The Morgan fingerprint density at radius 2 is 1.69 bits per heavy atom. The van der Waals surface area contributed by atoms with Crippen LogP contribution in [0.4, 0.5) is 0 Å². The lowest BCUT2D eigenvalue weighted by atomic mass is 10.1. The van der Waals surface area contributed by atoms with E-state index in [4.69, 9.17) is 4.74 Å². The monoisotopic (exact) mass is 349 g/mol. The maximum Gasteiger partial charge on any atom is 0.339 e. The van der Waals surface area contributed by atoms with Gasteiger partial charge in [0.05, 0.1) is 11.3 Å². The number of carbonyl (C=O) groups excluding carboxylic acids is 2. The number of hydrogen-bond acceptors (Lipinski definition) is 4. The van der Waals surface area contributed by atoms with Crippen molar-refractivity contribution in [3.8, 4) is 5.69 Å². The lowest BCUT2D eigenvalue weighted by Crippen LogP contribution is -2.31. The quantitative estimate of drug-likeness (QED) is 0.665. The second kappa shape index (κ2) is 7.65. The molecule has 0 unspecified atom stereocenters. The van der Waals surface area contributed by atoms with Gasteiger partial charge in [0.25, 0.3) is 5.91 Å². The highest BCUT2D eigenvalue weighted by atomic mass is 16.5. The van der Waals surface area contributed by atoms with E-state index >= 15 is 0 Å². The summed E-state index contributed by atoms with van der Waals surface area (Å²) in [7, 11) is 3.26. The van der Waals surface area contributed by atoms with Gasteiger partial charge in [0.2, 0.25) is 6.10 Å². The van der Waals surface area contributed by atoms with Crippen LogP contribution < -0.4 is 0 Å². The predicted octanol–water partition coefficient (Wildman–Crippen LogP) is 2.86. The van der Waals surface area contributed by atoms with Crippen molar-refractivity contribution in [1.29, 1.82) is 0 Å². The summed E-state index contributed by atoms with van der Waals surface area (Å²) in [5.41, 5.74) is 1.83. The van der Waals surface area contributed by atoms with Crippen molar-refractivity contribution in [2.75, 3.05) is 14.1 Å². The minimum atomic E-state index is -0.982. The summed E-state index contributed by atoms with van der Waals surface area (Å²) < 4.78 is 7.22. The number of benzene rings is 2. The van der Waals surface area contributed by atoms with Crippen LogP contribution in [0, 0.1) is 0 Å². The van der Waals surface area contributed by atoms with Crippen molar-refractivity contribution in [2.24, 2.45) is 0 Å². The van der Waals surface area contributed by atoms with Crippen molar-refractivity contribution in [2.45, 2.75) is 6.10 Å². The molecule has 1 amide bonds. The minimum absolute atomic E-state index is 0.294. The normalized spacial score (nSPS) is 11.6. The summed E-state index contributed by atoms with van der Waals surface area (Å²) in [4.78, 5) is 26.4. The summed E-state index contributed by atoms with van der Waals surface area (Å²) in [5.74, 6) is -0.848. The molecule has 0 aliphatic heterocycles. The fraction of sp³-hybridized carbons (Fsp3) is 0.150. The molecule has 0 saturated heterocycles. The van der Waals surface area contributed by atoms with Crippen molar-refractivity contribution in [3.05, 3.63) is 84.2 Å². The molecule has 6 nitrogen and oxygen atoms in total. The van der Waals surface area contributed by atoms with Gasteiger partial charge in [-0.3, -0.25) is 4.79 Å². The van der Waals surface area contributed by atoms with E-state index in [1.54, 1.807) is 73.5 Å². The summed E-state index contributed by atoms with van der Waals surface area (Å²) in [6.45, 7) is 0. The largest absolute Gasteiger partial charge is 0.444 e. The third-order valence-electron chi connectivity index (χ3n) is 3.86. The van der Waals surface area contributed by atoms with Crippen molar-refractivity contribution in [3.63, 3.8) is 0 Å². The zero-order valence-electron chi connectivity index (χ0n) is 14.6. The molecule has 0 aliphatic carbocycles. The van der Waals surface area contributed by atoms with E-state index in [1.807, 2.05) is 18.3 Å². The average molecular weight is 349 g/mol. The summed E-state index contributed by atoms with van der Waals surface area (Å²) in [5, 5.41) is 4.14. The standard InChI is InChI=1S/C20H19N3O3/c1-22(2)19(24)18(15-7-4-3-5-8-15)26-20(25)16-9-11-17(12-10-16)23-14-6-13-21-23/h3-14,18H,1-2H3/t18-/m0/s1. The molecule has 26 heavy (non-hydrogen) atoms. The summed E-state index contributed by atoms with van der Waals surface area (Å²) in [6.07, 6.45) is 2.51. The molecule has 0 fully saturated rings. The number of nitrogens with zero attached hydrogens (tertiary/aromatic N) is 3. The van der Waals surface area contributed by atoms with E-state index < -0.39 is 12.1 Å². The SMILES string of the molecule is CN(C)C(=O)[C@@H](OC(=O)c1ccc(-n2cccn2)cc1)c1ccccc1. The van der Waals surface area contributed by atoms with Crippen molar-refractivity contribution < 1.29 is 14.3 Å². The molecule has 0 radical (unpaired) electrons. The number of amides is 1. The highest BCUT2D eigenvalue weighted by Gasteiger charge is 2.26. The lowest BCUT2D eigenvalue weighted by Gasteiger charge is -2.21. The van der Waals surface area contributed by atoms with Crippen LogP contribution in [0.1, 0.15) is 22.0 Å². The molecule has 2 aromatic carbocycles. The molecule has 3 rings (SSSR count). The molecule has 0 N–H and O–H groups in total. The Hall–Kier alpha value is -3.41. The second-order valence-corrected chi connectivity index (χ2v) is 5.93. The van der Waals surface area contributed by atoms with Crippen LogP contribution in [0.3, 0.4) is 0 Å². The topological polar surface area (TPSA) is 64.4 Å². The Labute approximate surface area is 151 Å². The second-order valence-electron chi connectivity index (χ2n) is 5.93. The fourth-order valence-corrected chi connectivity index (χ4v) is 2.47. The zero-order valence-corrected chi connectivity index (χ0v) is 14.6. The Morgan fingerprint density at radius 3 is 2.27 bits per heavy atom. The van der Waals surface area contributed by atoms with Gasteiger partial charge in [0, 0.05) is 32.1 Å². The van der Waals surface area contributed by atoms with Gasteiger partial charge in [-0.1, -0.05) is 30.3 Å². The third kappa shape index (κ3) is 3.80. The Balaban J connectivity index is 1.80. The Kier molecular flexibility index (Phi) is 5.12. The van der Waals surface area contributed by atoms with Gasteiger partial charge in [-0.15, -0.1) is 0 Å². The Morgan fingerprint density at radius 1 is 1.00 bits per heavy atom. The first kappa shape index (κ1) is 17.4. The number of rotatable bonds is 5. The summed E-state index contributed by atoms with van der Waals surface area (Å²) in [6, 6.07) is 17.7. The first-order chi connectivity index (χ1) is 12.6. The molecular weight excluding hydrogens is 330 g/mol. The number of esters is 1. The van der Waals surface area contributed by atoms with Crippen LogP contribution in [0.15, 0.2) is 73.1 Å². The molecule has 6 heteroatoms. The van der Waals surface area contributed by atoms with Crippen LogP contribution in [0.2, 0.25) is 0 Å². The van der Waals surface area contributed by atoms with E-state index in [-0.39, 0.29) is 5.91 Å². The average Bonchev–Trinajstić information content (AvgIpc) is 3.21. The number of likely N-dealkylation sites (N-methyl/N-ethyl adjacent to an activating group) is 1. The highest BCUT2D eigenvalue weighted by Crippen LogP contribution is 2.21. The molecular formula is C20H19N3O3. The van der Waals surface area contributed by atoms with Crippen LogP contribution in [-0.2, 0) is 9.53 Å². The van der Waals surface area contributed by atoms with Crippen molar-refractivity contribution in [1.82, 2.24) is 14.7 Å². The minimum Gasteiger partial charge on any atom is -0.444 e. The Bertz CT molecular complexity index is 872. The molecule has 1 atom stereocenters. The molecule has 0 bridgehead atoms. The molecule has 0 spiro atoms. The first-order valence-electron chi connectivity index (χ1n) is 8.13. The van der Waals surface area contributed by atoms with Gasteiger partial charge in [-0.25, -0.2) is 9.48 Å². The maximum absolute atomic E-state index is 12.5. The zero-order chi connectivity index (χ0) is 18.5. The van der Waals surface area contributed by atoms with E-state index in [1.165, 1.54) is 4.90 Å². The van der Waals surface area contributed by atoms with E-state index in [9.17, 15) is 9.59 Å². The van der Waals surface area contributed by atoms with Crippen LogP contribution in [0.25, 0.3) is 5.69 Å². The maximum atomic E-state index is 12.5. The molecule has 1 heterocycles. The van der Waals surface area contributed by atoms with E-state index in [0.29, 0.717) is 11.1 Å². The van der Waals surface area contributed by atoms with Crippen LogP contribution in [0.5, 0.6) is 0 Å². The van der Waals surface area contributed by atoms with E-state index in [0.717, 1.165) is 5.69 Å². The lowest BCUT2D eigenvalue weighted by molar-refractivity contribution is -0.138. The highest BCUT2D eigenvalue weighted by molar-refractivity contribution is 5.92. The first-order valence-corrected chi connectivity index (χ1v) is 8.13. The molecule has 3 aromatic rings. The van der Waals surface area contributed by atoms with Gasteiger partial charge < -0.3 is 9.64 Å². The van der Waals surface area contributed by atoms with Gasteiger partial charge in [-0.2, -0.15) is 5.10 Å². The number of carbonyl (C=O) groups is 2. The molecule has 0 aliphatic rings. The van der Waals surface area contributed by atoms with Crippen LogP contribution >= 0.6 is 0 Å². The van der Waals surface area contributed by atoms with Gasteiger partial charge >= 0.3 is 5.97 Å². The van der Waals surface area contributed by atoms with Crippen LogP contribution in [-0.4, -0.2) is 40.7 Å². The van der Waals surface area contributed by atoms with E-state index in [2.05, 4.69) is 5.10 Å². The number of hydrogen-bond donors (Lipinski definition) is 0. The number of ether oxygens (including phenoxy) is 1. The van der Waals surface area contributed by atoms with Gasteiger partial charge in [-0.05, 0) is 30.3 Å². The third-order valence-corrected chi connectivity index (χ3v) is 3.86. The predicted molar refractivity (Wildman–Crippen MR) is 96.9 cm³/mol.